The smallest absolute Gasteiger partial charge is 0.401 e. The van der Waals surface area contributed by atoms with Gasteiger partial charge in [-0.25, -0.2) is 0 Å². The first kappa shape index (κ1) is 26.2. The second-order valence-corrected chi connectivity index (χ2v) is 14.2. The van der Waals surface area contributed by atoms with Gasteiger partial charge < -0.3 is 9.31 Å². The summed E-state index contributed by atoms with van der Waals surface area (Å²) in [5.41, 5.74) is 1.08. The van der Waals surface area contributed by atoms with E-state index in [1.165, 1.54) is 21.2 Å². The Morgan fingerprint density at radius 1 is 0.410 bits per heavy atom. The van der Waals surface area contributed by atoms with E-state index in [1.54, 1.807) is 0 Å². The highest BCUT2D eigenvalue weighted by molar-refractivity contribution is 7.73. The van der Waals surface area contributed by atoms with Gasteiger partial charge in [-0.2, -0.15) is 0 Å². The van der Waals surface area contributed by atoms with E-state index in [1.807, 2.05) is 6.07 Å². The summed E-state index contributed by atoms with van der Waals surface area (Å²) in [4.78, 5) is 0. The molecule has 2 nitrogen and oxygen atoms in total. The van der Waals surface area contributed by atoms with Crippen LogP contribution in [0.25, 0.3) is 0 Å². The molecule has 0 aromatic heterocycles. The first-order valence-electron chi connectivity index (χ1n) is 13.5. The van der Waals surface area contributed by atoms with Gasteiger partial charge in [0.1, 0.15) is 0 Å². The van der Waals surface area contributed by atoms with Gasteiger partial charge in [0.25, 0.3) is 0 Å². The van der Waals surface area contributed by atoms with E-state index < -0.39 is 15.8 Å². The van der Waals surface area contributed by atoms with Crippen molar-refractivity contribution in [2.24, 2.45) is 0 Å². The third-order valence-electron chi connectivity index (χ3n) is 7.08. The molecule has 1 saturated heterocycles. The summed E-state index contributed by atoms with van der Waals surface area (Å²) < 4.78 is 13.6. The highest BCUT2D eigenvalue weighted by atomic mass is 31.1. The minimum absolute atomic E-state index is 0.0147. The fraction of sp³-hybridized carbons (Fsp3) is 0.118. The molecule has 1 fully saturated rings. The van der Waals surface area contributed by atoms with E-state index in [0.29, 0.717) is 0 Å². The summed E-state index contributed by atoms with van der Waals surface area (Å²) in [5.74, 6) is 0. The van der Waals surface area contributed by atoms with Gasteiger partial charge in [0.15, 0.2) is 0 Å². The molecule has 39 heavy (non-hydrogen) atoms. The summed E-state index contributed by atoms with van der Waals surface area (Å²) >= 11 is 0. The molecule has 1 aliphatic rings. The van der Waals surface area contributed by atoms with Crippen LogP contribution in [0.4, 0.5) is 0 Å². The van der Waals surface area contributed by atoms with Gasteiger partial charge in [-0.1, -0.05) is 152 Å². The zero-order chi connectivity index (χ0) is 26.3. The SMILES string of the molecule is c1ccc(B2O[C@@H](CP(c3ccccc3)c3ccccc3)[C@H](CP(c3ccccc3)c3ccccc3)O2)cc1. The van der Waals surface area contributed by atoms with Crippen molar-refractivity contribution >= 4 is 49.6 Å². The first-order chi connectivity index (χ1) is 19.3. The van der Waals surface area contributed by atoms with Crippen molar-refractivity contribution in [3.05, 3.63) is 152 Å². The molecular weight excluding hydrogens is 513 g/mol. The Kier molecular flexibility index (Phi) is 8.64. The molecular formula is C34H31BO2P2. The zero-order valence-corrected chi connectivity index (χ0v) is 23.6. The maximum absolute atomic E-state index is 6.81. The van der Waals surface area contributed by atoms with Gasteiger partial charge in [0, 0.05) is 12.3 Å². The standard InChI is InChI=1S/C34H31BO2P2/c1-6-16-28(17-7-1)35-36-33(26-38(29-18-8-2-9-19-29)30-20-10-3-11-21-30)34(37-35)27-39(31-22-12-4-13-23-31)32-24-14-5-15-25-32/h1-25,33-34H,26-27H2/t33-,34-/m0/s1. The molecule has 0 N–H and O–H groups in total. The highest BCUT2D eigenvalue weighted by Gasteiger charge is 2.43. The van der Waals surface area contributed by atoms with Gasteiger partial charge in [0.2, 0.25) is 0 Å². The molecule has 5 aromatic rings. The van der Waals surface area contributed by atoms with Crippen molar-refractivity contribution in [1.82, 2.24) is 0 Å². The summed E-state index contributed by atoms with van der Waals surface area (Å²) in [5, 5.41) is 5.49. The van der Waals surface area contributed by atoms with Gasteiger partial charge in [-0.3, -0.25) is 0 Å². The second kappa shape index (κ2) is 12.9. The van der Waals surface area contributed by atoms with Crippen LogP contribution in [0.5, 0.6) is 0 Å². The van der Waals surface area contributed by atoms with Crippen molar-refractivity contribution in [2.75, 3.05) is 12.3 Å². The van der Waals surface area contributed by atoms with Crippen LogP contribution in [-0.4, -0.2) is 31.7 Å². The molecule has 6 rings (SSSR count). The lowest BCUT2D eigenvalue weighted by molar-refractivity contribution is 0.194. The van der Waals surface area contributed by atoms with Crippen LogP contribution in [-0.2, 0) is 9.31 Å². The van der Waals surface area contributed by atoms with Crippen LogP contribution in [0.3, 0.4) is 0 Å². The van der Waals surface area contributed by atoms with E-state index in [-0.39, 0.29) is 19.3 Å². The lowest BCUT2D eigenvalue weighted by Gasteiger charge is -2.28. The van der Waals surface area contributed by atoms with E-state index in [9.17, 15) is 0 Å². The van der Waals surface area contributed by atoms with Crippen LogP contribution in [0, 0.1) is 0 Å². The van der Waals surface area contributed by atoms with E-state index in [2.05, 4.69) is 146 Å². The van der Waals surface area contributed by atoms with Crippen molar-refractivity contribution < 1.29 is 9.31 Å². The monoisotopic (exact) mass is 544 g/mol. The number of hydrogen-bond acceptors (Lipinski definition) is 2. The average Bonchev–Trinajstić information content (AvgIpc) is 3.43. The van der Waals surface area contributed by atoms with E-state index in [4.69, 9.17) is 9.31 Å². The Labute approximate surface area is 234 Å². The van der Waals surface area contributed by atoms with Crippen LogP contribution < -0.4 is 26.7 Å². The minimum atomic E-state index is -0.608. The number of rotatable bonds is 9. The van der Waals surface area contributed by atoms with Crippen LogP contribution in [0.15, 0.2) is 152 Å². The quantitative estimate of drug-likeness (QED) is 0.182. The third-order valence-corrected chi connectivity index (χ3v) is 12.2. The molecule has 1 aliphatic heterocycles. The Morgan fingerprint density at radius 3 is 1.00 bits per heavy atom. The lowest BCUT2D eigenvalue weighted by Crippen LogP contribution is -2.33. The normalized spacial score (nSPS) is 17.1. The van der Waals surface area contributed by atoms with E-state index >= 15 is 0 Å². The van der Waals surface area contributed by atoms with Gasteiger partial charge in [-0.15, -0.1) is 0 Å². The molecule has 0 aliphatic carbocycles. The predicted octanol–water partition coefficient (Wildman–Crippen LogP) is 5.43. The summed E-state index contributed by atoms with van der Waals surface area (Å²) in [6, 6.07) is 54.0. The molecule has 5 heteroatoms. The zero-order valence-electron chi connectivity index (χ0n) is 21.8. The molecule has 2 atom stereocenters. The van der Waals surface area contributed by atoms with Crippen molar-refractivity contribution in [3.63, 3.8) is 0 Å². The maximum Gasteiger partial charge on any atom is 0.494 e. The van der Waals surface area contributed by atoms with Gasteiger partial charge in [0.05, 0.1) is 12.2 Å². The van der Waals surface area contributed by atoms with Crippen molar-refractivity contribution in [1.29, 1.82) is 0 Å². The van der Waals surface area contributed by atoms with Gasteiger partial charge >= 0.3 is 7.12 Å². The average molecular weight is 544 g/mol. The predicted molar refractivity (Wildman–Crippen MR) is 169 cm³/mol. The molecule has 0 radical (unpaired) electrons. The Morgan fingerprint density at radius 2 is 0.692 bits per heavy atom. The van der Waals surface area contributed by atoms with Crippen molar-refractivity contribution in [2.45, 2.75) is 12.2 Å². The minimum Gasteiger partial charge on any atom is -0.401 e. The summed E-state index contributed by atoms with van der Waals surface area (Å²) in [7, 11) is -1.57. The molecule has 0 saturated carbocycles. The largest absolute Gasteiger partial charge is 0.494 e. The van der Waals surface area contributed by atoms with E-state index in [0.717, 1.165) is 17.8 Å². The fourth-order valence-corrected chi connectivity index (χ4v) is 10.1. The second-order valence-electron chi connectivity index (χ2n) is 9.66. The molecule has 0 spiro atoms. The van der Waals surface area contributed by atoms with Crippen molar-refractivity contribution in [3.8, 4) is 0 Å². The van der Waals surface area contributed by atoms with Gasteiger partial charge in [-0.05, 0) is 42.5 Å². The first-order valence-corrected chi connectivity index (χ1v) is 16.5. The van der Waals surface area contributed by atoms with Crippen LogP contribution in [0.2, 0.25) is 0 Å². The Bertz CT molecular complexity index is 1250. The summed E-state index contributed by atoms with van der Waals surface area (Å²) in [6.45, 7) is 0. The molecule has 1 heterocycles. The highest BCUT2D eigenvalue weighted by Crippen LogP contribution is 2.42. The Balaban J connectivity index is 1.35. The molecule has 192 valence electrons. The maximum atomic E-state index is 6.81. The molecule has 5 aromatic carbocycles. The molecule has 0 bridgehead atoms. The van der Waals surface area contributed by atoms with Crippen LogP contribution >= 0.6 is 15.8 Å². The Hall–Kier alpha value is -3.06. The fourth-order valence-electron chi connectivity index (χ4n) is 5.12. The molecule has 0 amide bonds. The topological polar surface area (TPSA) is 18.5 Å². The number of hydrogen-bond donors (Lipinski definition) is 0. The third kappa shape index (κ3) is 6.41. The molecule has 0 unspecified atom stereocenters. The summed E-state index contributed by atoms with van der Waals surface area (Å²) in [6.07, 6.45) is 1.81. The lowest BCUT2D eigenvalue weighted by atomic mass is 9.79. The van der Waals surface area contributed by atoms with Crippen LogP contribution in [0.1, 0.15) is 0 Å². The number of benzene rings is 5.